The molecule has 2 saturated heterocycles. The van der Waals surface area contributed by atoms with E-state index in [2.05, 4.69) is 30.4 Å². The van der Waals surface area contributed by atoms with Crippen LogP contribution < -0.4 is 4.72 Å². The van der Waals surface area contributed by atoms with E-state index in [9.17, 15) is 8.42 Å². The van der Waals surface area contributed by atoms with Gasteiger partial charge in [-0.25, -0.2) is 0 Å². The summed E-state index contributed by atoms with van der Waals surface area (Å²) in [7, 11) is -1.75. The predicted molar refractivity (Wildman–Crippen MR) is 83.3 cm³/mol. The van der Waals surface area contributed by atoms with Crippen molar-refractivity contribution >= 4 is 10.2 Å². The van der Waals surface area contributed by atoms with E-state index in [1.807, 2.05) is 0 Å². The van der Waals surface area contributed by atoms with E-state index >= 15 is 0 Å². The Morgan fingerprint density at radius 2 is 1.86 bits per heavy atom. The van der Waals surface area contributed by atoms with Gasteiger partial charge in [0, 0.05) is 51.5 Å². The number of nitrogens with zero attached hydrogens (tertiary/aromatic N) is 2. The molecule has 21 heavy (non-hydrogen) atoms. The molecular formula is C14H29N3O3S. The van der Waals surface area contributed by atoms with Gasteiger partial charge in [0.25, 0.3) is 10.2 Å². The number of likely N-dealkylation sites (tertiary alicyclic amines) is 1. The molecule has 2 aliphatic heterocycles. The maximum atomic E-state index is 12.6. The van der Waals surface area contributed by atoms with Crippen molar-refractivity contribution in [3.8, 4) is 0 Å². The molecule has 0 bridgehead atoms. The van der Waals surface area contributed by atoms with Crippen LogP contribution in [0.2, 0.25) is 0 Å². The lowest BCUT2D eigenvalue weighted by atomic mass is 10.1. The van der Waals surface area contributed by atoms with Crippen molar-refractivity contribution in [2.24, 2.45) is 5.92 Å². The second kappa shape index (κ2) is 6.91. The molecule has 124 valence electrons. The van der Waals surface area contributed by atoms with Crippen LogP contribution in [-0.4, -0.2) is 69.1 Å². The molecule has 0 unspecified atom stereocenters. The summed E-state index contributed by atoms with van der Waals surface area (Å²) in [6, 6.07) is 0.504. The Morgan fingerprint density at radius 1 is 1.24 bits per heavy atom. The molecule has 2 aliphatic rings. The van der Waals surface area contributed by atoms with Crippen LogP contribution in [0.3, 0.4) is 0 Å². The van der Waals surface area contributed by atoms with Gasteiger partial charge in [0.05, 0.1) is 0 Å². The Bertz CT molecular complexity index is 435. The van der Waals surface area contributed by atoms with Crippen molar-refractivity contribution < 1.29 is 13.2 Å². The Morgan fingerprint density at radius 3 is 2.38 bits per heavy atom. The average Bonchev–Trinajstić information content (AvgIpc) is 2.80. The lowest BCUT2D eigenvalue weighted by Crippen LogP contribution is -2.51. The molecule has 2 atom stereocenters. The molecule has 0 aliphatic carbocycles. The smallest absolute Gasteiger partial charge is 0.279 e. The second-order valence-electron chi connectivity index (χ2n) is 6.61. The van der Waals surface area contributed by atoms with Crippen LogP contribution in [0.1, 0.15) is 33.6 Å². The summed E-state index contributed by atoms with van der Waals surface area (Å²) in [4.78, 5) is 2.33. The zero-order valence-corrected chi connectivity index (χ0v) is 14.4. The van der Waals surface area contributed by atoms with E-state index in [4.69, 9.17) is 4.74 Å². The fourth-order valence-electron chi connectivity index (χ4n) is 3.10. The number of ether oxygens (including phenoxy) is 1. The fourth-order valence-corrected chi connectivity index (χ4v) is 4.56. The zero-order valence-electron chi connectivity index (χ0n) is 13.6. The van der Waals surface area contributed by atoms with Gasteiger partial charge in [0.2, 0.25) is 0 Å². The third kappa shape index (κ3) is 4.16. The monoisotopic (exact) mass is 319 g/mol. The maximum Gasteiger partial charge on any atom is 0.279 e. The molecule has 2 rings (SSSR count). The molecule has 7 heteroatoms. The third-order valence-corrected chi connectivity index (χ3v) is 6.41. The van der Waals surface area contributed by atoms with Crippen LogP contribution in [0.15, 0.2) is 0 Å². The molecule has 0 amide bonds. The zero-order chi connectivity index (χ0) is 15.6. The molecule has 0 saturated carbocycles. The number of hydrogen-bond donors (Lipinski definition) is 1. The second-order valence-corrected chi connectivity index (χ2v) is 8.38. The van der Waals surface area contributed by atoms with E-state index in [0.717, 1.165) is 25.9 Å². The summed E-state index contributed by atoms with van der Waals surface area (Å²) in [5, 5.41) is 0. The van der Waals surface area contributed by atoms with Crippen molar-refractivity contribution in [1.82, 2.24) is 13.9 Å². The number of nitrogens with one attached hydrogen (secondary N) is 1. The highest BCUT2D eigenvalue weighted by Gasteiger charge is 2.36. The molecule has 0 aromatic rings. The molecule has 2 heterocycles. The highest BCUT2D eigenvalue weighted by atomic mass is 32.2. The first-order chi connectivity index (χ1) is 9.81. The topological polar surface area (TPSA) is 61.9 Å². The van der Waals surface area contributed by atoms with Gasteiger partial charge in [0.1, 0.15) is 0 Å². The summed E-state index contributed by atoms with van der Waals surface area (Å²) < 4.78 is 34.8. The minimum Gasteiger partial charge on any atom is -0.381 e. The molecule has 2 fully saturated rings. The van der Waals surface area contributed by atoms with Crippen molar-refractivity contribution in [3.63, 3.8) is 0 Å². The van der Waals surface area contributed by atoms with Crippen LogP contribution in [0, 0.1) is 5.92 Å². The first-order valence-corrected chi connectivity index (χ1v) is 9.32. The van der Waals surface area contributed by atoms with Crippen LogP contribution in [0.25, 0.3) is 0 Å². The number of hydrogen-bond acceptors (Lipinski definition) is 4. The van der Waals surface area contributed by atoms with Crippen LogP contribution in [-0.2, 0) is 14.9 Å². The van der Waals surface area contributed by atoms with Crippen molar-refractivity contribution in [2.75, 3.05) is 33.4 Å². The molecule has 0 spiro atoms. The minimum atomic E-state index is -3.42. The highest BCUT2D eigenvalue weighted by molar-refractivity contribution is 7.87. The molecular weight excluding hydrogens is 290 g/mol. The molecule has 1 N–H and O–H groups in total. The Balaban J connectivity index is 1.97. The summed E-state index contributed by atoms with van der Waals surface area (Å²) in [6.07, 6.45) is 1.55. The largest absolute Gasteiger partial charge is 0.381 e. The van der Waals surface area contributed by atoms with E-state index < -0.39 is 10.2 Å². The molecule has 0 radical (unpaired) electrons. The Labute approximate surface area is 129 Å². The van der Waals surface area contributed by atoms with E-state index in [1.54, 1.807) is 7.05 Å². The standard InChI is InChI=1S/C14H29N3O3S/c1-11(2)17-9-12(3)14(10-17)15-21(18,19)16(4)13-5-7-20-8-6-13/h11-15H,5-10H2,1-4H3/t12-,14+/m1/s1. The van der Waals surface area contributed by atoms with Gasteiger partial charge < -0.3 is 4.74 Å². The fraction of sp³-hybridized carbons (Fsp3) is 1.00. The SMILES string of the molecule is CC(C)N1C[C@@H](C)[C@@H](NS(=O)(=O)N(C)C2CCOCC2)C1. The summed E-state index contributed by atoms with van der Waals surface area (Å²) in [5.74, 6) is 0.338. The van der Waals surface area contributed by atoms with Gasteiger partial charge >= 0.3 is 0 Å². The van der Waals surface area contributed by atoms with Gasteiger partial charge in [-0.3, -0.25) is 4.90 Å². The van der Waals surface area contributed by atoms with Crippen LogP contribution >= 0.6 is 0 Å². The van der Waals surface area contributed by atoms with Crippen molar-refractivity contribution in [3.05, 3.63) is 0 Å². The first-order valence-electron chi connectivity index (χ1n) is 7.88. The van der Waals surface area contributed by atoms with Crippen LogP contribution in [0.5, 0.6) is 0 Å². The summed E-state index contributed by atoms with van der Waals surface area (Å²) in [5.41, 5.74) is 0. The normalized spacial score (nSPS) is 29.6. The van der Waals surface area contributed by atoms with Gasteiger partial charge in [-0.05, 0) is 32.6 Å². The van der Waals surface area contributed by atoms with E-state index in [1.165, 1.54) is 4.31 Å². The van der Waals surface area contributed by atoms with Gasteiger partial charge in [-0.15, -0.1) is 0 Å². The first kappa shape index (κ1) is 17.1. The van der Waals surface area contributed by atoms with Crippen molar-refractivity contribution in [2.45, 2.75) is 51.7 Å². The predicted octanol–water partition coefficient (Wildman–Crippen LogP) is 0.660. The average molecular weight is 319 g/mol. The minimum absolute atomic E-state index is 0.000287. The third-order valence-electron chi connectivity index (χ3n) is 4.76. The van der Waals surface area contributed by atoms with Gasteiger partial charge in [-0.2, -0.15) is 17.4 Å². The van der Waals surface area contributed by atoms with E-state index in [0.29, 0.717) is 25.2 Å². The van der Waals surface area contributed by atoms with Crippen molar-refractivity contribution in [1.29, 1.82) is 0 Å². The quantitative estimate of drug-likeness (QED) is 0.809. The molecule has 6 nitrogen and oxygen atoms in total. The Hall–Kier alpha value is -0.210. The van der Waals surface area contributed by atoms with Crippen LogP contribution in [0.4, 0.5) is 0 Å². The Kier molecular flexibility index (Phi) is 5.65. The number of rotatable bonds is 5. The summed E-state index contributed by atoms with van der Waals surface area (Å²) >= 11 is 0. The van der Waals surface area contributed by atoms with Gasteiger partial charge in [0.15, 0.2) is 0 Å². The lowest BCUT2D eigenvalue weighted by Gasteiger charge is -2.31. The highest BCUT2D eigenvalue weighted by Crippen LogP contribution is 2.21. The van der Waals surface area contributed by atoms with E-state index in [-0.39, 0.29) is 12.1 Å². The molecule has 0 aromatic heterocycles. The van der Waals surface area contributed by atoms with Gasteiger partial charge in [-0.1, -0.05) is 6.92 Å². The lowest BCUT2D eigenvalue weighted by molar-refractivity contribution is 0.0628. The maximum absolute atomic E-state index is 12.6. The molecule has 0 aromatic carbocycles. The summed E-state index contributed by atoms with van der Waals surface area (Å²) in [6.45, 7) is 9.45.